The van der Waals surface area contributed by atoms with E-state index in [-0.39, 0.29) is 11.3 Å². The van der Waals surface area contributed by atoms with Crippen LogP contribution in [0.25, 0.3) is 0 Å². The number of carbonyl (C=O) groups excluding carboxylic acids is 5. The van der Waals surface area contributed by atoms with Crippen LogP contribution in [0.15, 0.2) is 18.2 Å². The average molecular weight is 472 g/mol. The zero-order chi connectivity index (χ0) is 25.3. The third-order valence-corrected chi connectivity index (χ3v) is 8.04. The molecule has 0 saturated heterocycles. The summed E-state index contributed by atoms with van der Waals surface area (Å²) in [6, 6.07) is 3.66. The van der Waals surface area contributed by atoms with Crippen LogP contribution in [0.1, 0.15) is 28.8 Å². The highest BCUT2D eigenvalue weighted by atomic mass is 16.5. The number of fused-ring (bicyclic) bond motifs is 3. The molecule has 2 fully saturated rings. The van der Waals surface area contributed by atoms with E-state index < -0.39 is 76.3 Å². The van der Waals surface area contributed by atoms with Crippen LogP contribution in [-0.4, -0.2) is 85.0 Å². The number of primary amides is 1. The van der Waals surface area contributed by atoms with E-state index in [0.29, 0.717) is 5.56 Å². The molecule has 4 N–H and O–H groups in total. The number of carbonyl (C=O) groups is 5. The van der Waals surface area contributed by atoms with Crippen molar-refractivity contribution in [3.8, 4) is 5.75 Å². The number of likely N-dealkylation sites (N-methyl/N-ethyl adjacent to an activating group) is 2. The van der Waals surface area contributed by atoms with Gasteiger partial charge in [-0.3, -0.25) is 28.9 Å². The zero-order valence-corrected chi connectivity index (χ0v) is 19.7. The van der Waals surface area contributed by atoms with E-state index in [4.69, 9.17) is 10.5 Å². The number of rotatable bonds is 4. The van der Waals surface area contributed by atoms with Gasteiger partial charge in [0.1, 0.15) is 11.3 Å². The first-order valence-corrected chi connectivity index (χ1v) is 11.1. The summed E-state index contributed by atoms with van der Waals surface area (Å²) in [6.07, 6.45) is -0.876. The molecule has 0 bridgehead atoms. The summed E-state index contributed by atoms with van der Waals surface area (Å²) in [4.78, 5) is 68.8. The second-order valence-corrected chi connectivity index (χ2v) is 9.61. The number of ether oxygens (including phenoxy) is 1. The highest BCUT2D eigenvalue weighted by molar-refractivity contribution is 6.33. The van der Waals surface area contributed by atoms with Gasteiger partial charge >= 0.3 is 0 Å². The van der Waals surface area contributed by atoms with Gasteiger partial charge in [-0.15, -0.1) is 0 Å². The molecule has 34 heavy (non-hydrogen) atoms. The van der Waals surface area contributed by atoms with Gasteiger partial charge in [0, 0.05) is 18.9 Å². The number of nitrogens with one attached hydrogen (secondary N) is 1. The smallest absolute Gasteiger partial charge is 0.235 e. The predicted molar refractivity (Wildman–Crippen MR) is 119 cm³/mol. The standard InChI is InChI=1S/C24H29N3O7/c1-9-10-7-6-8-11(28)13(10)18(29)14-12(9)20(34-5)16-17(27(3)4)19(30)15(23(25)33)22(32)24(16,26-2)21(14)31/h6-9,12,14-17,20,26,28H,1-5H3,(H2,25,33)/t9-,12+,14?,15?,16-,17-,20?,24-/m0/s1. The van der Waals surface area contributed by atoms with Crippen molar-refractivity contribution >= 4 is 29.0 Å². The lowest BCUT2D eigenvalue weighted by molar-refractivity contribution is -0.175. The molecule has 1 aromatic rings. The van der Waals surface area contributed by atoms with Crippen molar-refractivity contribution in [1.29, 1.82) is 0 Å². The number of ketones is 4. The van der Waals surface area contributed by atoms with E-state index in [2.05, 4.69) is 5.32 Å². The first-order chi connectivity index (χ1) is 16.0. The number of phenols is 1. The Kier molecular flexibility index (Phi) is 5.74. The van der Waals surface area contributed by atoms with Crippen molar-refractivity contribution in [3.05, 3.63) is 29.3 Å². The summed E-state index contributed by atoms with van der Waals surface area (Å²) in [5.41, 5.74) is 4.01. The van der Waals surface area contributed by atoms with E-state index in [1.807, 2.05) is 6.92 Å². The quantitative estimate of drug-likeness (QED) is 0.482. The number of Topliss-reactive ketones (excluding diaryl/α,β-unsaturated/α-hetero) is 4. The number of nitrogens with zero attached hydrogens (tertiary/aromatic N) is 1. The number of amides is 1. The Hall–Kier alpha value is -2.95. The van der Waals surface area contributed by atoms with Crippen molar-refractivity contribution in [3.63, 3.8) is 0 Å². The Morgan fingerprint density at radius 2 is 1.82 bits per heavy atom. The monoisotopic (exact) mass is 471 g/mol. The molecule has 10 nitrogen and oxygen atoms in total. The third-order valence-electron chi connectivity index (χ3n) is 8.04. The topological polar surface area (TPSA) is 156 Å². The average Bonchev–Trinajstić information content (AvgIpc) is 2.76. The highest BCUT2D eigenvalue weighted by Crippen LogP contribution is 2.55. The van der Waals surface area contributed by atoms with E-state index in [1.54, 1.807) is 31.1 Å². The molecule has 3 aliphatic rings. The van der Waals surface area contributed by atoms with Gasteiger partial charge in [-0.1, -0.05) is 19.1 Å². The lowest BCUT2D eigenvalue weighted by atomic mass is 9.48. The van der Waals surface area contributed by atoms with Crippen LogP contribution >= 0.6 is 0 Å². The summed E-state index contributed by atoms with van der Waals surface area (Å²) in [5, 5.41) is 13.3. The molecule has 1 aromatic carbocycles. The minimum atomic E-state index is -2.05. The molecule has 4 rings (SSSR count). The fraction of sp³-hybridized carbons (Fsp3) is 0.542. The maximum atomic E-state index is 14.2. The van der Waals surface area contributed by atoms with Gasteiger partial charge in [-0.05, 0) is 38.7 Å². The molecule has 8 atom stereocenters. The van der Waals surface area contributed by atoms with E-state index in [0.717, 1.165) is 0 Å². The Balaban J connectivity index is 2.03. The second kappa shape index (κ2) is 8.07. The lowest BCUT2D eigenvalue weighted by Gasteiger charge is -2.58. The minimum absolute atomic E-state index is 0.0408. The number of aromatic hydroxyl groups is 1. The number of methoxy groups -OCH3 is 1. The Bertz CT molecular complexity index is 1120. The third kappa shape index (κ3) is 2.82. The highest BCUT2D eigenvalue weighted by Gasteiger charge is 2.73. The first kappa shape index (κ1) is 24.2. The minimum Gasteiger partial charge on any atom is -0.507 e. The SMILES string of the molecule is CN[C@@]12C(=O)C(C(N)=O)C(=O)[C@@H](N(C)C)[C@H]1C(OC)[C@H]1C(C(=O)c3c(O)cccc3[C@@H]1C)C2=O. The molecule has 0 heterocycles. The van der Waals surface area contributed by atoms with Gasteiger partial charge in [0.25, 0.3) is 0 Å². The number of benzene rings is 1. The first-order valence-electron chi connectivity index (χ1n) is 11.1. The van der Waals surface area contributed by atoms with E-state index in [1.165, 1.54) is 20.2 Å². The fourth-order valence-corrected chi connectivity index (χ4v) is 6.66. The van der Waals surface area contributed by atoms with Crippen LogP contribution in [0.3, 0.4) is 0 Å². The molecule has 0 aliphatic heterocycles. The maximum absolute atomic E-state index is 14.2. The molecular weight excluding hydrogens is 442 g/mol. The normalized spacial score (nSPS) is 37.3. The van der Waals surface area contributed by atoms with Crippen molar-refractivity contribution in [2.45, 2.75) is 30.5 Å². The van der Waals surface area contributed by atoms with Crippen molar-refractivity contribution in [2.75, 3.05) is 28.3 Å². The molecule has 3 aliphatic carbocycles. The summed E-state index contributed by atoms with van der Waals surface area (Å²) >= 11 is 0. The van der Waals surface area contributed by atoms with Crippen LogP contribution in [0, 0.1) is 23.7 Å². The van der Waals surface area contributed by atoms with E-state index >= 15 is 0 Å². The number of hydrogen-bond acceptors (Lipinski definition) is 9. The number of nitrogens with two attached hydrogens (primary N) is 1. The summed E-state index contributed by atoms with van der Waals surface area (Å²) < 4.78 is 5.89. The molecule has 0 spiro atoms. The zero-order valence-electron chi connectivity index (χ0n) is 19.7. The van der Waals surface area contributed by atoms with Crippen molar-refractivity contribution in [2.24, 2.45) is 29.4 Å². The Morgan fingerprint density at radius 3 is 2.35 bits per heavy atom. The molecule has 3 unspecified atom stereocenters. The summed E-state index contributed by atoms with van der Waals surface area (Å²) in [5.74, 6) is -9.69. The van der Waals surface area contributed by atoms with Crippen LogP contribution in [0.2, 0.25) is 0 Å². The predicted octanol–water partition coefficient (Wildman–Crippen LogP) is -0.720. The summed E-state index contributed by atoms with van der Waals surface area (Å²) in [7, 11) is 6.03. The van der Waals surface area contributed by atoms with Gasteiger partial charge in [-0.2, -0.15) is 0 Å². The molecule has 182 valence electrons. The molecule has 0 radical (unpaired) electrons. The molecular formula is C24H29N3O7. The molecule has 10 heteroatoms. The van der Waals surface area contributed by atoms with Gasteiger partial charge in [-0.25, -0.2) is 0 Å². The van der Waals surface area contributed by atoms with Crippen molar-refractivity contribution < 1.29 is 33.8 Å². The Morgan fingerprint density at radius 1 is 1.18 bits per heavy atom. The van der Waals surface area contributed by atoms with E-state index in [9.17, 15) is 29.1 Å². The van der Waals surface area contributed by atoms with Gasteiger partial charge in [0.15, 0.2) is 29.1 Å². The van der Waals surface area contributed by atoms with Gasteiger partial charge < -0.3 is 20.9 Å². The van der Waals surface area contributed by atoms with Crippen LogP contribution < -0.4 is 11.1 Å². The largest absolute Gasteiger partial charge is 0.507 e. The number of phenolic OH excluding ortho intramolecular Hbond substituents is 1. The molecule has 1 amide bonds. The molecule has 0 aromatic heterocycles. The summed E-state index contributed by atoms with van der Waals surface area (Å²) in [6.45, 7) is 1.83. The second-order valence-electron chi connectivity index (χ2n) is 9.61. The van der Waals surface area contributed by atoms with Crippen molar-refractivity contribution in [1.82, 2.24) is 10.2 Å². The van der Waals surface area contributed by atoms with Gasteiger partial charge in [0.05, 0.1) is 23.6 Å². The van der Waals surface area contributed by atoms with Crippen LogP contribution in [0.5, 0.6) is 5.75 Å². The lowest BCUT2D eigenvalue weighted by Crippen LogP contribution is -2.81. The van der Waals surface area contributed by atoms with Gasteiger partial charge in [0.2, 0.25) is 5.91 Å². The molecule has 2 saturated carbocycles. The Labute approximate surface area is 196 Å². The maximum Gasteiger partial charge on any atom is 0.235 e. The van der Waals surface area contributed by atoms with Crippen LogP contribution in [-0.2, 0) is 23.9 Å². The van der Waals surface area contributed by atoms with Crippen LogP contribution in [0.4, 0.5) is 0 Å². The number of hydrogen-bond donors (Lipinski definition) is 3. The fourth-order valence-electron chi connectivity index (χ4n) is 6.66.